The molecule has 0 aromatic heterocycles. The molecular weight excluding hydrogens is 224 g/mol. The molecule has 88 valence electrons. The highest BCUT2D eigenvalue weighted by atomic mass is 35.5. The molecule has 1 aromatic rings. The number of carbonyl (C=O) groups excluding carboxylic acids is 1. The van der Waals surface area contributed by atoms with E-state index in [2.05, 4.69) is 10.6 Å². The fraction of sp³-hybridized carbons (Fsp3) is 0.417. The SMILES string of the molecule is Cc1ccc(NC(=O)NC(C)(C)C)c(Cl)c1. The highest BCUT2D eigenvalue weighted by Crippen LogP contribution is 2.22. The van der Waals surface area contributed by atoms with Gasteiger partial charge in [0.15, 0.2) is 0 Å². The van der Waals surface area contributed by atoms with Crippen molar-refractivity contribution in [1.82, 2.24) is 5.32 Å². The van der Waals surface area contributed by atoms with Crippen molar-refractivity contribution < 1.29 is 4.79 Å². The average molecular weight is 241 g/mol. The van der Waals surface area contributed by atoms with Crippen LogP contribution in [0.5, 0.6) is 0 Å². The van der Waals surface area contributed by atoms with Gasteiger partial charge in [0.25, 0.3) is 0 Å². The highest BCUT2D eigenvalue weighted by molar-refractivity contribution is 6.33. The van der Waals surface area contributed by atoms with E-state index in [0.29, 0.717) is 10.7 Å². The van der Waals surface area contributed by atoms with Crippen molar-refractivity contribution in [2.45, 2.75) is 33.2 Å². The van der Waals surface area contributed by atoms with E-state index in [-0.39, 0.29) is 11.6 Å². The predicted molar refractivity (Wildman–Crippen MR) is 68.1 cm³/mol. The third-order valence-electron chi connectivity index (χ3n) is 1.86. The summed E-state index contributed by atoms with van der Waals surface area (Å²) in [6.07, 6.45) is 0. The van der Waals surface area contributed by atoms with E-state index in [4.69, 9.17) is 11.6 Å². The molecule has 0 spiro atoms. The number of urea groups is 1. The van der Waals surface area contributed by atoms with Crippen LogP contribution < -0.4 is 10.6 Å². The van der Waals surface area contributed by atoms with Crippen molar-refractivity contribution >= 4 is 23.3 Å². The van der Waals surface area contributed by atoms with Gasteiger partial charge in [-0.05, 0) is 45.4 Å². The van der Waals surface area contributed by atoms with Crippen LogP contribution in [0.25, 0.3) is 0 Å². The minimum atomic E-state index is -0.263. The third kappa shape index (κ3) is 4.11. The van der Waals surface area contributed by atoms with Crippen LogP contribution in [0.3, 0.4) is 0 Å². The van der Waals surface area contributed by atoms with Crippen molar-refractivity contribution in [2.75, 3.05) is 5.32 Å². The Kier molecular flexibility index (Phi) is 3.81. The van der Waals surface area contributed by atoms with Crippen LogP contribution >= 0.6 is 11.6 Å². The number of rotatable bonds is 1. The van der Waals surface area contributed by atoms with Gasteiger partial charge in [0.2, 0.25) is 0 Å². The summed E-state index contributed by atoms with van der Waals surface area (Å²) in [5.41, 5.74) is 1.42. The van der Waals surface area contributed by atoms with Crippen LogP contribution in [0, 0.1) is 6.92 Å². The summed E-state index contributed by atoms with van der Waals surface area (Å²) < 4.78 is 0. The summed E-state index contributed by atoms with van der Waals surface area (Å²) in [7, 11) is 0. The summed E-state index contributed by atoms with van der Waals surface area (Å²) in [6, 6.07) is 5.26. The second-order valence-corrected chi connectivity index (χ2v) is 5.22. The van der Waals surface area contributed by atoms with Gasteiger partial charge >= 0.3 is 6.03 Å². The van der Waals surface area contributed by atoms with Crippen molar-refractivity contribution in [3.63, 3.8) is 0 Å². The fourth-order valence-electron chi connectivity index (χ4n) is 1.22. The third-order valence-corrected chi connectivity index (χ3v) is 2.17. The summed E-state index contributed by atoms with van der Waals surface area (Å²) in [5, 5.41) is 6.06. The molecule has 0 fully saturated rings. The Labute approximate surface area is 101 Å². The molecule has 16 heavy (non-hydrogen) atoms. The first-order valence-corrected chi connectivity index (χ1v) is 5.51. The molecule has 0 unspecified atom stereocenters. The molecule has 0 bridgehead atoms. The summed E-state index contributed by atoms with van der Waals surface area (Å²) in [5.74, 6) is 0. The van der Waals surface area contributed by atoms with E-state index in [1.165, 1.54) is 0 Å². The molecule has 0 heterocycles. The molecule has 0 aliphatic carbocycles. The Morgan fingerprint density at radius 1 is 1.31 bits per heavy atom. The molecule has 3 nitrogen and oxygen atoms in total. The zero-order chi connectivity index (χ0) is 12.3. The van der Waals surface area contributed by atoms with Gasteiger partial charge in [-0.2, -0.15) is 0 Å². The lowest BCUT2D eigenvalue weighted by atomic mass is 10.1. The Morgan fingerprint density at radius 3 is 2.44 bits per heavy atom. The monoisotopic (exact) mass is 240 g/mol. The maximum Gasteiger partial charge on any atom is 0.319 e. The van der Waals surface area contributed by atoms with Crippen LogP contribution in [-0.4, -0.2) is 11.6 Å². The quantitative estimate of drug-likeness (QED) is 0.774. The molecular formula is C12H17ClN2O. The van der Waals surface area contributed by atoms with Gasteiger partial charge in [0.05, 0.1) is 10.7 Å². The molecule has 0 saturated heterocycles. The van der Waals surface area contributed by atoms with Gasteiger partial charge in [0.1, 0.15) is 0 Å². The zero-order valence-corrected chi connectivity index (χ0v) is 10.8. The Hall–Kier alpha value is -1.22. The molecule has 1 aromatic carbocycles. The van der Waals surface area contributed by atoms with Crippen molar-refractivity contribution in [3.8, 4) is 0 Å². The van der Waals surface area contributed by atoms with E-state index >= 15 is 0 Å². The van der Waals surface area contributed by atoms with Gasteiger partial charge < -0.3 is 10.6 Å². The van der Waals surface area contributed by atoms with E-state index in [9.17, 15) is 4.79 Å². The smallest absolute Gasteiger partial charge is 0.319 e. The minimum absolute atomic E-state index is 0.252. The fourth-order valence-corrected chi connectivity index (χ4v) is 1.50. The van der Waals surface area contributed by atoms with Gasteiger partial charge in [-0.1, -0.05) is 17.7 Å². The topological polar surface area (TPSA) is 41.1 Å². The average Bonchev–Trinajstić information content (AvgIpc) is 2.06. The minimum Gasteiger partial charge on any atom is -0.333 e. The molecule has 4 heteroatoms. The summed E-state index contributed by atoms with van der Waals surface area (Å²) >= 11 is 6.00. The Morgan fingerprint density at radius 2 is 1.94 bits per heavy atom. The van der Waals surface area contributed by atoms with E-state index in [1.807, 2.05) is 39.8 Å². The number of hydrogen-bond acceptors (Lipinski definition) is 1. The standard InChI is InChI=1S/C12H17ClN2O/c1-8-5-6-10(9(13)7-8)14-11(16)15-12(2,3)4/h5-7H,1-4H3,(H2,14,15,16). The number of hydrogen-bond donors (Lipinski definition) is 2. The second kappa shape index (κ2) is 4.74. The maximum absolute atomic E-state index is 11.6. The largest absolute Gasteiger partial charge is 0.333 e. The van der Waals surface area contributed by atoms with Crippen molar-refractivity contribution in [2.24, 2.45) is 0 Å². The van der Waals surface area contributed by atoms with Crippen LogP contribution in [0.4, 0.5) is 10.5 Å². The van der Waals surface area contributed by atoms with Crippen LogP contribution in [-0.2, 0) is 0 Å². The van der Waals surface area contributed by atoms with Crippen LogP contribution in [0.1, 0.15) is 26.3 Å². The van der Waals surface area contributed by atoms with Gasteiger partial charge in [0, 0.05) is 5.54 Å². The van der Waals surface area contributed by atoms with Gasteiger partial charge in [-0.3, -0.25) is 0 Å². The van der Waals surface area contributed by atoms with Crippen molar-refractivity contribution in [3.05, 3.63) is 28.8 Å². The molecule has 2 N–H and O–H groups in total. The lowest BCUT2D eigenvalue weighted by Crippen LogP contribution is -2.43. The van der Waals surface area contributed by atoms with Gasteiger partial charge in [-0.25, -0.2) is 4.79 Å². The van der Waals surface area contributed by atoms with E-state index in [1.54, 1.807) is 6.07 Å². The first kappa shape index (κ1) is 12.8. The zero-order valence-electron chi connectivity index (χ0n) is 10.0. The lowest BCUT2D eigenvalue weighted by Gasteiger charge is -2.21. The first-order chi connectivity index (χ1) is 7.28. The predicted octanol–water partition coefficient (Wildman–Crippen LogP) is 3.57. The van der Waals surface area contributed by atoms with Crippen LogP contribution in [0.2, 0.25) is 5.02 Å². The number of anilines is 1. The number of aryl methyl sites for hydroxylation is 1. The number of benzene rings is 1. The van der Waals surface area contributed by atoms with Crippen LogP contribution in [0.15, 0.2) is 18.2 Å². The molecule has 0 radical (unpaired) electrons. The highest BCUT2D eigenvalue weighted by Gasteiger charge is 2.14. The number of carbonyl (C=O) groups is 1. The van der Waals surface area contributed by atoms with E-state index in [0.717, 1.165) is 5.56 Å². The molecule has 2 amide bonds. The molecule has 0 aliphatic rings. The number of halogens is 1. The Balaban J connectivity index is 2.70. The summed E-state index contributed by atoms with van der Waals surface area (Å²) in [4.78, 5) is 11.6. The number of nitrogens with one attached hydrogen (secondary N) is 2. The normalized spacial score (nSPS) is 11.1. The molecule has 0 atom stereocenters. The second-order valence-electron chi connectivity index (χ2n) is 4.81. The Bertz CT molecular complexity index is 396. The molecule has 0 aliphatic heterocycles. The maximum atomic E-state index is 11.6. The molecule has 1 rings (SSSR count). The number of amides is 2. The summed E-state index contributed by atoms with van der Waals surface area (Å²) in [6.45, 7) is 7.71. The first-order valence-electron chi connectivity index (χ1n) is 5.13. The molecule has 0 saturated carbocycles. The van der Waals surface area contributed by atoms with Crippen molar-refractivity contribution in [1.29, 1.82) is 0 Å². The van der Waals surface area contributed by atoms with Gasteiger partial charge in [-0.15, -0.1) is 0 Å². The van der Waals surface area contributed by atoms with E-state index < -0.39 is 0 Å². The lowest BCUT2D eigenvalue weighted by molar-refractivity contribution is 0.244.